The van der Waals surface area contributed by atoms with Crippen LogP contribution in [-0.4, -0.2) is 43.1 Å². The monoisotopic (exact) mass is 387 g/mol. The zero-order valence-corrected chi connectivity index (χ0v) is 16.0. The van der Waals surface area contributed by atoms with E-state index in [0.717, 1.165) is 12.8 Å². The quantitative estimate of drug-likeness (QED) is 0.815. The van der Waals surface area contributed by atoms with E-state index in [9.17, 15) is 4.79 Å². The van der Waals surface area contributed by atoms with Gasteiger partial charge in [-0.15, -0.1) is 0 Å². The van der Waals surface area contributed by atoms with Gasteiger partial charge in [0.15, 0.2) is 5.96 Å². The maximum Gasteiger partial charge on any atom is 0.235 e. The number of ether oxygens (including phenoxy) is 2. The molecule has 1 aromatic rings. The van der Waals surface area contributed by atoms with Crippen LogP contribution in [0.4, 0.5) is 4.39 Å². The van der Waals surface area contributed by atoms with Crippen molar-refractivity contribution in [1.82, 2.24) is 10.2 Å². The van der Waals surface area contributed by atoms with Crippen LogP contribution in [0.3, 0.4) is 0 Å². The van der Waals surface area contributed by atoms with Gasteiger partial charge in [-0.3, -0.25) is 15.1 Å². The number of nitrogens with one attached hydrogen (secondary N) is 2. The first-order valence-electron chi connectivity index (χ1n) is 10.2. The Hall–Kier alpha value is -2.15. The average molecular weight is 387 g/mol. The molecule has 1 aromatic carbocycles. The molecule has 2 aliphatic heterocycles. The third-order valence-corrected chi connectivity index (χ3v) is 6.64. The Morgan fingerprint density at radius 2 is 2.14 bits per heavy atom. The normalized spacial score (nSPS) is 32.7. The molecule has 5 rings (SSSR count). The molecular formula is C21H26FN3O3. The van der Waals surface area contributed by atoms with E-state index < -0.39 is 17.3 Å². The van der Waals surface area contributed by atoms with Gasteiger partial charge in [0, 0.05) is 12.6 Å². The maximum atomic E-state index is 15.0. The lowest BCUT2D eigenvalue weighted by molar-refractivity contribution is -0.150. The fourth-order valence-electron chi connectivity index (χ4n) is 4.48. The maximum absolute atomic E-state index is 15.0. The summed E-state index contributed by atoms with van der Waals surface area (Å²) in [5, 5.41) is 11.3. The number of rotatable bonds is 5. The summed E-state index contributed by atoms with van der Waals surface area (Å²) in [6.45, 7) is 0.802. The molecule has 3 atom stereocenters. The second-order valence-corrected chi connectivity index (χ2v) is 8.71. The van der Waals surface area contributed by atoms with Gasteiger partial charge in [-0.05, 0) is 62.1 Å². The molecule has 0 bridgehead atoms. The fraction of sp³-hybridized carbons (Fsp3) is 0.619. The van der Waals surface area contributed by atoms with Crippen LogP contribution in [-0.2, 0) is 15.1 Å². The molecule has 2 N–H and O–H groups in total. The van der Waals surface area contributed by atoms with Crippen LogP contribution in [0.25, 0.3) is 0 Å². The topological polar surface area (TPSA) is 74.7 Å². The molecule has 2 heterocycles. The summed E-state index contributed by atoms with van der Waals surface area (Å²) in [6, 6.07) is 4.71. The van der Waals surface area contributed by atoms with Crippen molar-refractivity contribution in [1.29, 1.82) is 5.41 Å². The van der Waals surface area contributed by atoms with Crippen molar-refractivity contribution in [3.63, 3.8) is 0 Å². The van der Waals surface area contributed by atoms with E-state index >= 15 is 4.39 Å². The summed E-state index contributed by atoms with van der Waals surface area (Å²) in [7, 11) is 1.59. The third-order valence-electron chi connectivity index (χ3n) is 6.64. The molecule has 1 amide bonds. The van der Waals surface area contributed by atoms with Crippen LogP contribution in [0, 0.1) is 29.0 Å². The van der Waals surface area contributed by atoms with Crippen LogP contribution in [0.2, 0.25) is 0 Å². The molecule has 0 spiro atoms. The highest BCUT2D eigenvalue weighted by atomic mass is 19.1. The van der Waals surface area contributed by atoms with Gasteiger partial charge in [-0.1, -0.05) is 0 Å². The Bertz CT molecular complexity index is 823. The molecule has 2 aliphatic carbocycles. The van der Waals surface area contributed by atoms with Crippen molar-refractivity contribution < 1.29 is 18.7 Å². The lowest BCUT2D eigenvalue weighted by Crippen LogP contribution is -2.69. The summed E-state index contributed by atoms with van der Waals surface area (Å²) >= 11 is 0. The van der Waals surface area contributed by atoms with Gasteiger partial charge in [0.05, 0.1) is 25.2 Å². The summed E-state index contributed by atoms with van der Waals surface area (Å²) < 4.78 is 27.0. The highest BCUT2D eigenvalue weighted by molar-refractivity contribution is 6.00. The van der Waals surface area contributed by atoms with Gasteiger partial charge < -0.3 is 14.8 Å². The van der Waals surface area contributed by atoms with Gasteiger partial charge in [0.25, 0.3) is 0 Å². The molecule has 4 fully saturated rings. The van der Waals surface area contributed by atoms with Crippen molar-refractivity contribution in [2.24, 2.45) is 17.8 Å². The second kappa shape index (κ2) is 6.44. The van der Waals surface area contributed by atoms with Crippen molar-refractivity contribution in [3.8, 4) is 5.75 Å². The smallest absolute Gasteiger partial charge is 0.235 e. The average Bonchev–Trinajstić information content (AvgIpc) is 3.59. The van der Waals surface area contributed by atoms with E-state index in [0.29, 0.717) is 36.2 Å². The van der Waals surface area contributed by atoms with Crippen molar-refractivity contribution in [2.45, 2.75) is 43.7 Å². The highest BCUT2D eigenvalue weighted by Gasteiger charge is 2.56. The van der Waals surface area contributed by atoms with Gasteiger partial charge >= 0.3 is 0 Å². The highest BCUT2D eigenvalue weighted by Crippen LogP contribution is 2.48. The summed E-state index contributed by atoms with van der Waals surface area (Å²) in [5.41, 5.74) is -0.721. The zero-order chi connectivity index (χ0) is 19.5. The minimum absolute atomic E-state index is 0.0292. The summed E-state index contributed by atoms with van der Waals surface area (Å²) in [5.74, 6) is 0.623. The number of hydrogen-bond donors (Lipinski definition) is 2. The molecule has 0 unspecified atom stereocenters. The number of halogens is 1. The molecule has 28 heavy (non-hydrogen) atoms. The van der Waals surface area contributed by atoms with Crippen LogP contribution in [0.15, 0.2) is 18.2 Å². The van der Waals surface area contributed by atoms with E-state index in [-0.39, 0.29) is 24.6 Å². The molecule has 0 aromatic heterocycles. The minimum atomic E-state index is -1.07. The van der Waals surface area contributed by atoms with Crippen molar-refractivity contribution >= 4 is 11.9 Å². The van der Waals surface area contributed by atoms with Crippen LogP contribution in [0.5, 0.6) is 5.75 Å². The number of fused-ring (bicyclic) bond motifs is 1. The van der Waals surface area contributed by atoms with Crippen molar-refractivity contribution in [3.05, 3.63) is 29.6 Å². The first-order chi connectivity index (χ1) is 13.5. The lowest BCUT2D eigenvalue weighted by Gasteiger charge is -2.51. The molecule has 2 saturated heterocycles. The van der Waals surface area contributed by atoms with E-state index in [1.54, 1.807) is 19.2 Å². The van der Waals surface area contributed by atoms with Gasteiger partial charge in [0.1, 0.15) is 17.1 Å². The Labute approximate surface area is 163 Å². The van der Waals surface area contributed by atoms with Crippen LogP contribution in [0.1, 0.15) is 37.7 Å². The van der Waals surface area contributed by atoms with Gasteiger partial charge in [-0.2, -0.15) is 0 Å². The Balaban J connectivity index is 1.51. The molecular weight excluding hydrogens is 361 g/mol. The molecule has 7 heteroatoms. The first-order valence-corrected chi connectivity index (χ1v) is 10.2. The number of guanidine groups is 1. The largest absolute Gasteiger partial charge is 0.493 e. The predicted molar refractivity (Wildman–Crippen MR) is 101 cm³/mol. The molecule has 150 valence electrons. The van der Waals surface area contributed by atoms with E-state index in [2.05, 4.69) is 5.32 Å². The second-order valence-electron chi connectivity index (χ2n) is 8.71. The number of carbonyl (C=O) groups is 1. The molecule has 2 saturated carbocycles. The third kappa shape index (κ3) is 2.96. The Morgan fingerprint density at radius 1 is 1.36 bits per heavy atom. The SMILES string of the molecule is CN1C(=N)N[C@@]2(c3cc(OCC4CC4)ccc3F)CO[C@@H](C3CC3)C[C@H]2C1=O. The van der Waals surface area contributed by atoms with E-state index in [1.165, 1.54) is 23.8 Å². The molecule has 0 radical (unpaired) electrons. The molecule has 6 nitrogen and oxygen atoms in total. The molecule has 4 aliphatic rings. The minimum Gasteiger partial charge on any atom is -0.493 e. The number of benzene rings is 1. The lowest BCUT2D eigenvalue weighted by atomic mass is 9.71. The van der Waals surface area contributed by atoms with Crippen molar-refractivity contribution in [2.75, 3.05) is 20.3 Å². The number of carbonyl (C=O) groups excluding carboxylic acids is 1. The summed E-state index contributed by atoms with van der Waals surface area (Å²) in [4.78, 5) is 14.4. The number of nitrogens with zero attached hydrogens (tertiary/aromatic N) is 1. The first kappa shape index (κ1) is 17.9. The van der Waals surface area contributed by atoms with Gasteiger partial charge in [0.2, 0.25) is 5.91 Å². The Morgan fingerprint density at radius 3 is 2.86 bits per heavy atom. The van der Waals surface area contributed by atoms with E-state index in [4.69, 9.17) is 14.9 Å². The van der Waals surface area contributed by atoms with Crippen LogP contribution >= 0.6 is 0 Å². The fourth-order valence-corrected chi connectivity index (χ4v) is 4.48. The zero-order valence-electron chi connectivity index (χ0n) is 16.0. The number of amides is 1. The van der Waals surface area contributed by atoms with Gasteiger partial charge in [-0.25, -0.2) is 4.39 Å². The van der Waals surface area contributed by atoms with Crippen LogP contribution < -0.4 is 10.1 Å². The standard InChI is InChI=1S/C21H26FN3O3/c1-25-19(26)16-9-18(13-4-5-13)28-11-21(16,24-20(25)23)15-8-14(6-7-17(15)22)27-10-12-2-3-12/h6-8,12-13,16,18H,2-5,9-11H2,1H3,(H2,23,24)/t16-,18+,21+/m0/s1. The Kier molecular flexibility index (Phi) is 4.12. The summed E-state index contributed by atoms with van der Waals surface area (Å²) in [6.07, 6.45) is 5.17. The predicted octanol–water partition coefficient (Wildman–Crippen LogP) is 2.62. The number of hydrogen-bond acceptors (Lipinski definition) is 4. The van der Waals surface area contributed by atoms with E-state index in [1.807, 2.05) is 0 Å².